The van der Waals surface area contributed by atoms with Crippen LogP contribution in [0.15, 0.2) is 0 Å². The molecule has 29 heavy (non-hydrogen) atoms. The average molecular weight is 413 g/mol. The number of hydrogen-bond donors (Lipinski definition) is 2. The Morgan fingerprint density at radius 2 is 1.79 bits per heavy atom. The van der Waals surface area contributed by atoms with Gasteiger partial charge >= 0.3 is 5.97 Å². The van der Waals surface area contributed by atoms with Crippen molar-refractivity contribution in [3.05, 3.63) is 0 Å². The molecule has 2 N–H and O–H groups in total. The third-order valence-electron chi connectivity index (χ3n) is 10.2. The van der Waals surface area contributed by atoms with Gasteiger partial charge in [-0.2, -0.15) is 0 Å². The van der Waals surface area contributed by atoms with E-state index in [4.69, 9.17) is 5.11 Å². The largest absolute Gasteiger partial charge is 0.481 e. The van der Waals surface area contributed by atoms with E-state index in [1.807, 2.05) is 0 Å². The van der Waals surface area contributed by atoms with Gasteiger partial charge in [0.2, 0.25) is 5.85 Å². The minimum absolute atomic E-state index is 0.0393. The van der Waals surface area contributed by atoms with Gasteiger partial charge in [0.05, 0.1) is 0 Å². The molecule has 0 aromatic carbocycles. The molecule has 0 aromatic heterocycles. The first-order valence-corrected chi connectivity index (χ1v) is 11.7. The number of rotatable bonds is 4. The van der Waals surface area contributed by atoms with Crippen molar-refractivity contribution in [1.29, 1.82) is 0 Å². The van der Waals surface area contributed by atoms with Gasteiger partial charge in [-0.15, -0.1) is 0 Å². The topological polar surface area (TPSA) is 57.5 Å². The lowest BCUT2D eigenvalue weighted by Gasteiger charge is -2.62. The Morgan fingerprint density at radius 3 is 2.48 bits per heavy atom. The van der Waals surface area contributed by atoms with E-state index in [0.29, 0.717) is 37.0 Å². The van der Waals surface area contributed by atoms with Crippen LogP contribution in [0.4, 0.5) is 8.78 Å². The van der Waals surface area contributed by atoms with Crippen molar-refractivity contribution in [3.8, 4) is 0 Å². The van der Waals surface area contributed by atoms with Crippen molar-refractivity contribution in [1.82, 2.24) is 0 Å². The smallest absolute Gasteiger partial charge is 0.303 e. The molecule has 4 aliphatic rings. The third-order valence-corrected chi connectivity index (χ3v) is 10.2. The normalized spacial score (nSPS) is 52.9. The van der Waals surface area contributed by atoms with Crippen LogP contribution in [0.1, 0.15) is 85.0 Å². The van der Waals surface area contributed by atoms with E-state index >= 15 is 4.39 Å². The van der Waals surface area contributed by atoms with Crippen LogP contribution in [0.3, 0.4) is 0 Å². The lowest BCUT2D eigenvalue weighted by Crippen LogP contribution is -2.58. The number of carbonyl (C=O) groups is 1. The maximum absolute atomic E-state index is 15.6. The average Bonchev–Trinajstić information content (AvgIpc) is 2.98. The maximum atomic E-state index is 15.6. The summed E-state index contributed by atoms with van der Waals surface area (Å²) < 4.78 is 29.9. The molecular weight excluding hydrogens is 374 g/mol. The Balaban J connectivity index is 1.56. The zero-order valence-corrected chi connectivity index (χ0v) is 18.2. The van der Waals surface area contributed by atoms with Crippen molar-refractivity contribution in [2.45, 2.75) is 97.0 Å². The van der Waals surface area contributed by atoms with Crippen molar-refractivity contribution in [3.63, 3.8) is 0 Å². The summed E-state index contributed by atoms with van der Waals surface area (Å²) in [4.78, 5) is 11.0. The quantitative estimate of drug-likeness (QED) is 0.618. The highest BCUT2D eigenvalue weighted by Crippen LogP contribution is 2.69. The van der Waals surface area contributed by atoms with Crippen LogP contribution >= 0.6 is 0 Å². The van der Waals surface area contributed by atoms with E-state index < -0.39 is 18.0 Å². The third kappa shape index (κ3) is 3.43. The standard InChI is InChI=1S/C24H38F2O3/c1-14(4-7-20(27)28)16-5-6-17-21-18(8-9-23(16,17)3)22(2)10-11-24(26,29)13-15(22)12-19(21)25/h14-19,21,29H,4-13H2,1-3H3,(H,27,28). The molecule has 0 spiro atoms. The summed E-state index contributed by atoms with van der Waals surface area (Å²) in [5, 5.41) is 19.0. The van der Waals surface area contributed by atoms with E-state index in [1.165, 1.54) is 0 Å². The molecule has 0 radical (unpaired) electrons. The van der Waals surface area contributed by atoms with Gasteiger partial charge in [0.1, 0.15) is 6.17 Å². The van der Waals surface area contributed by atoms with Gasteiger partial charge in [-0.05, 0) is 91.3 Å². The van der Waals surface area contributed by atoms with Gasteiger partial charge in [0.25, 0.3) is 0 Å². The molecule has 0 heterocycles. The van der Waals surface area contributed by atoms with Crippen LogP contribution in [-0.4, -0.2) is 28.2 Å². The molecule has 0 saturated heterocycles. The SMILES string of the molecule is CC(CCC(=O)O)C1CCC2C3C(F)CC4CC(O)(F)CCC4(C)C3CCC12C. The molecule has 10 unspecified atom stereocenters. The summed E-state index contributed by atoms with van der Waals surface area (Å²) in [6.45, 7) is 6.76. The molecule has 4 saturated carbocycles. The molecule has 4 fully saturated rings. The van der Waals surface area contributed by atoms with Gasteiger partial charge in [0, 0.05) is 19.3 Å². The Kier molecular flexibility index (Phi) is 5.32. The summed E-state index contributed by atoms with van der Waals surface area (Å²) in [7, 11) is 0. The van der Waals surface area contributed by atoms with Gasteiger partial charge in [-0.3, -0.25) is 4.79 Å². The van der Waals surface area contributed by atoms with Crippen LogP contribution in [-0.2, 0) is 4.79 Å². The molecule has 3 nitrogen and oxygen atoms in total. The summed E-state index contributed by atoms with van der Waals surface area (Å²) >= 11 is 0. The Labute approximate surface area is 173 Å². The number of carboxylic acid groups (broad SMARTS) is 1. The first-order chi connectivity index (χ1) is 13.5. The predicted octanol–water partition coefficient (Wildman–Crippen LogP) is 5.75. The molecule has 5 heteroatoms. The van der Waals surface area contributed by atoms with Crippen molar-refractivity contribution in [2.24, 2.45) is 46.3 Å². The van der Waals surface area contributed by atoms with Crippen molar-refractivity contribution < 1.29 is 23.8 Å². The molecule has 10 atom stereocenters. The fourth-order valence-electron chi connectivity index (χ4n) is 8.64. The predicted molar refractivity (Wildman–Crippen MR) is 108 cm³/mol. The lowest BCUT2D eigenvalue weighted by atomic mass is 9.44. The van der Waals surface area contributed by atoms with Gasteiger partial charge in [-0.1, -0.05) is 20.8 Å². The highest BCUT2D eigenvalue weighted by Gasteiger charge is 2.64. The zero-order chi connectivity index (χ0) is 21.2. The minimum atomic E-state index is -2.13. The number of aliphatic hydroxyl groups is 1. The molecular formula is C24H38F2O3. The van der Waals surface area contributed by atoms with Crippen LogP contribution in [0, 0.1) is 46.3 Å². The Bertz CT molecular complexity index is 652. The molecule has 0 bridgehead atoms. The van der Waals surface area contributed by atoms with E-state index in [9.17, 15) is 14.3 Å². The number of aliphatic carboxylic acids is 1. The van der Waals surface area contributed by atoms with Crippen molar-refractivity contribution in [2.75, 3.05) is 0 Å². The lowest BCUT2D eigenvalue weighted by molar-refractivity contribution is -0.208. The summed E-state index contributed by atoms with van der Waals surface area (Å²) in [5.41, 5.74) is 0.0159. The second kappa shape index (κ2) is 7.17. The summed E-state index contributed by atoms with van der Waals surface area (Å²) in [6, 6.07) is 0. The van der Waals surface area contributed by atoms with Crippen molar-refractivity contribution >= 4 is 5.97 Å². The van der Waals surface area contributed by atoms with Crippen LogP contribution < -0.4 is 0 Å². The Hall–Kier alpha value is -0.710. The fraction of sp³-hybridized carbons (Fsp3) is 0.958. The summed E-state index contributed by atoms with van der Waals surface area (Å²) in [5.74, 6) is -1.46. The molecule has 0 amide bonds. The minimum Gasteiger partial charge on any atom is -0.481 e. The maximum Gasteiger partial charge on any atom is 0.303 e. The Morgan fingerprint density at radius 1 is 1.10 bits per heavy atom. The van der Waals surface area contributed by atoms with E-state index in [-0.39, 0.29) is 47.8 Å². The molecule has 4 rings (SSSR count). The number of carboxylic acids is 1. The number of hydrogen-bond acceptors (Lipinski definition) is 2. The molecule has 4 aliphatic carbocycles. The van der Waals surface area contributed by atoms with Crippen LogP contribution in [0.25, 0.3) is 0 Å². The van der Waals surface area contributed by atoms with E-state index in [1.54, 1.807) is 0 Å². The first kappa shape index (κ1) is 21.5. The fourth-order valence-corrected chi connectivity index (χ4v) is 8.64. The number of alkyl halides is 2. The second-order valence-corrected chi connectivity index (χ2v) is 11.5. The highest BCUT2D eigenvalue weighted by molar-refractivity contribution is 5.66. The van der Waals surface area contributed by atoms with Crippen LogP contribution in [0.5, 0.6) is 0 Å². The van der Waals surface area contributed by atoms with E-state index in [0.717, 1.165) is 25.7 Å². The first-order valence-electron chi connectivity index (χ1n) is 11.7. The monoisotopic (exact) mass is 412 g/mol. The molecule has 0 aliphatic heterocycles. The van der Waals surface area contributed by atoms with E-state index in [2.05, 4.69) is 20.8 Å². The molecule has 166 valence electrons. The van der Waals surface area contributed by atoms with Gasteiger partial charge in [-0.25, -0.2) is 8.78 Å². The summed E-state index contributed by atoms with van der Waals surface area (Å²) in [6.07, 6.45) is 5.46. The number of fused-ring (bicyclic) bond motifs is 5. The molecule has 0 aromatic rings. The van der Waals surface area contributed by atoms with Gasteiger partial charge < -0.3 is 10.2 Å². The second-order valence-electron chi connectivity index (χ2n) is 11.5. The number of halogens is 2. The highest BCUT2D eigenvalue weighted by atomic mass is 19.2. The van der Waals surface area contributed by atoms with Crippen LogP contribution in [0.2, 0.25) is 0 Å². The zero-order valence-electron chi connectivity index (χ0n) is 18.2. The van der Waals surface area contributed by atoms with Gasteiger partial charge in [0.15, 0.2) is 0 Å².